The molecule has 2 aliphatic rings. The van der Waals surface area contributed by atoms with Crippen LogP contribution < -0.4 is 5.32 Å². The molecule has 1 N–H and O–H groups in total. The Kier molecular flexibility index (Phi) is 4.01. The number of rotatable bonds is 4. The molecule has 1 aliphatic carbocycles. The molecule has 1 saturated heterocycles. The quantitative estimate of drug-likeness (QED) is 0.932. The Balaban J connectivity index is 1.55. The number of aryl methyl sites for hydroxylation is 1. The minimum atomic E-state index is 0.432. The fourth-order valence-corrected chi connectivity index (χ4v) is 4.98. The molecule has 0 radical (unpaired) electrons. The lowest BCUT2D eigenvalue weighted by molar-refractivity contribution is 0.107. The lowest BCUT2D eigenvalue weighted by Gasteiger charge is -2.18. The van der Waals surface area contributed by atoms with E-state index in [0.29, 0.717) is 6.10 Å². The van der Waals surface area contributed by atoms with E-state index in [1.54, 1.807) is 6.33 Å². The molecule has 118 valence electrons. The molecule has 4 rings (SSSR count). The molecule has 2 aromatic rings. The van der Waals surface area contributed by atoms with Crippen molar-refractivity contribution in [2.75, 3.05) is 18.5 Å². The van der Waals surface area contributed by atoms with E-state index < -0.39 is 0 Å². The Labute approximate surface area is 135 Å². The SMILES string of the molecule is C[C@H]1CCc2c(sc3ncnc(NCC[C@@H]4CCCO4)c23)C1. The maximum Gasteiger partial charge on any atom is 0.138 e. The second-order valence-corrected chi connectivity index (χ2v) is 7.69. The van der Waals surface area contributed by atoms with E-state index in [4.69, 9.17) is 4.74 Å². The van der Waals surface area contributed by atoms with E-state index in [1.807, 2.05) is 11.3 Å². The highest BCUT2D eigenvalue weighted by atomic mass is 32.1. The smallest absolute Gasteiger partial charge is 0.138 e. The lowest BCUT2D eigenvalue weighted by Crippen LogP contribution is -2.14. The highest BCUT2D eigenvalue weighted by Gasteiger charge is 2.23. The Morgan fingerprint density at radius 2 is 2.32 bits per heavy atom. The zero-order valence-electron chi connectivity index (χ0n) is 13.1. The van der Waals surface area contributed by atoms with Crippen molar-refractivity contribution in [1.29, 1.82) is 0 Å². The number of ether oxygens (including phenoxy) is 1. The van der Waals surface area contributed by atoms with E-state index in [0.717, 1.165) is 36.1 Å². The molecule has 5 heteroatoms. The van der Waals surface area contributed by atoms with Gasteiger partial charge in [0.25, 0.3) is 0 Å². The van der Waals surface area contributed by atoms with Crippen LogP contribution in [0.4, 0.5) is 5.82 Å². The first-order valence-corrected chi connectivity index (χ1v) is 9.23. The van der Waals surface area contributed by atoms with E-state index in [-0.39, 0.29) is 0 Å². The molecule has 0 spiro atoms. The van der Waals surface area contributed by atoms with Gasteiger partial charge in [0.15, 0.2) is 0 Å². The normalized spacial score (nSPS) is 24.6. The standard InChI is InChI=1S/C17H23N3OS/c1-11-4-5-13-14(9-11)22-17-15(13)16(19-10-20-17)18-7-6-12-3-2-8-21-12/h10-12H,2-9H2,1H3,(H,18,19,20)/t11-,12-/m0/s1. The second-order valence-electron chi connectivity index (χ2n) is 6.60. The lowest BCUT2D eigenvalue weighted by atomic mass is 9.89. The molecular formula is C17H23N3OS. The third-order valence-corrected chi connectivity index (χ3v) is 6.04. The van der Waals surface area contributed by atoms with Gasteiger partial charge in [-0.15, -0.1) is 11.3 Å². The van der Waals surface area contributed by atoms with Gasteiger partial charge in [0.1, 0.15) is 17.0 Å². The van der Waals surface area contributed by atoms with Gasteiger partial charge in [-0.1, -0.05) is 6.92 Å². The fourth-order valence-electron chi connectivity index (χ4n) is 3.63. The molecule has 3 heterocycles. The van der Waals surface area contributed by atoms with Crippen LogP contribution in [-0.2, 0) is 17.6 Å². The Bertz CT molecular complexity index is 663. The molecule has 0 amide bonds. The topological polar surface area (TPSA) is 47.0 Å². The molecule has 2 atom stereocenters. The number of fused-ring (bicyclic) bond motifs is 3. The summed E-state index contributed by atoms with van der Waals surface area (Å²) in [5, 5.41) is 4.82. The van der Waals surface area contributed by atoms with Gasteiger partial charge in [0, 0.05) is 18.0 Å². The molecule has 22 heavy (non-hydrogen) atoms. The highest BCUT2D eigenvalue weighted by molar-refractivity contribution is 7.19. The van der Waals surface area contributed by atoms with Gasteiger partial charge in [-0.3, -0.25) is 0 Å². The number of hydrogen-bond donors (Lipinski definition) is 1. The van der Waals surface area contributed by atoms with Crippen molar-refractivity contribution in [2.24, 2.45) is 5.92 Å². The minimum absolute atomic E-state index is 0.432. The first-order valence-electron chi connectivity index (χ1n) is 8.42. The molecule has 0 saturated carbocycles. The average molecular weight is 317 g/mol. The maximum absolute atomic E-state index is 5.70. The van der Waals surface area contributed by atoms with Crippen LogP contribution in [0.5, 0.6) is 0 Å². The van der Waals surface area contributed by atoms with Crippen molar-refractivity contribution < 1.29 is 4.74 Å². The van der Waals surface area contributed by atoms with E-state index in [9.17, 15) is 0 Å². The van der Waals surface area contributed by atoms with Crippen LogP contribution in [-0.4, -0.2) is 29.2 Å². The Morgan fingerprint density at radius 3 is 3.18 bits per heavy atom. The van der Waals surface area contributed by atoms with Gasteiger partial charge in [0.05, 0.1) is 11.5 Å². The van der Waals surface area contributed by atoms with Gasteiger partial charge in [0.2, 0.25) is 0 Å². The predicted octanol–water partition coefficient (Wildman–Crippen LogP) is 3.80. The second kappa shape index (κ2) is 6.13. The highest BCUT2D eigenvalue weighted by Crippen LogP contribution is 2.39. The Hall–Kier alpha value is -1.20. The van der Waals surface area contributed by atoms with E-state index in [2.05, 4.69) is 22.2 Å². The minimum Gasteiger partial charge on any atom is -0.378 e. The van der Waals surface area contributed by atoms with Crippen molar-refractivity contribution in [3.63, 3.8) is 0 Å². The zero-order valence-corrected chi connectivity index (χ0v) is 13.9. The zero-order chi connectivity index (χ0) is 14.9. The van der Waals surface area contributed by atoms with Crippen LogP contribution in [0.3, 0.4) is 0 Å². The van der Waals surface area contributed by atoms with Gasteiger partial charge >= 0.3 is 0 Å². The van der Waals surface area contributed by atoms with E-state index >= 15 is 0 Å². The third kappa shape index (κ3) is 2.72. The molecular weight excluding hydrogens is 294 g/mol. The molecule has 0 unspecified atom stereocenters. The molecule has 1 aliphatic heterocycles. The van der Waals surface area contributed by atoms with Crippen molar-refractivity contribution in [3.8, 4) is 0 Å². The molecule has 1 fully saturated rings. The van der Waals surface area contributed by atoms with Crippen LogP contribution in [0.2, 0.25) is 0 Å². The van der Waals surface area contributed by atoms with Crippen molar-refractivity contribution in [2.45, 2.75) is 51.6 Å². The van der Waals surface area contributed by atoms with Crippen LogP contribution in [0.1, 0.15) is 43.0 Å². The summed E-state index contributed by atoms with van der Waals surface area (Å²) < 4.78 is 5.70. The van der Waals surface area contributed by atoms with Crippen LogP contribution in [0.25, 0.3) is 10.2 Å². The Morgan fingerprint density at radius 1 is 1.36 bits per heavy atom. The summed E-state index contributed by atoms with van der Waals surface area (Å²) >= 11 is 1.86. The van der Waals surface area contributed by atoms with Crippen LogP contribution >= 0.6 is 11.3 Å². The van der Waals surface area contributed by atoms with E-state index in [1.165, 1.54) is 47.9 Å². The monoisotopic (exact) mass is 317 g/mol. The van der Waals surface area contributed by atoms with Gasteiger partial charge in [-0.05, 0) is 50.0 Å². The molecule has 4 nitrogen and oxygen atoms in total. The molecule has 0 bridgehead atoms. The first-order chi connectivity index (χ1) is 10.8. The summed E-state index contributed by atoms with van der Waals surface area (Å²) in [5.41, 5.74) is 1.50. The first kappa shape index (κ1) is 14.4. The summed E-state index contributed by atoms with van der Waals surface area (Å²) in [4.78, 5) is 11.7. The van der Waals surface area contributed by atoms with Gasteiger partial charge in [-0.25, -0.2) is 9.97 Å². The van der Waals surface area contributed by atoms with Gasteiger partial charge in [-0.2, -0.15) is 0 Å². The third-order valence-electron chi connectivity index (χ3n) is 4.87. The summed E-state index contributed by atoms with van der Waals surface area (Å²) in [5.74, 6) is 1.82. The number of anilines is 1. The average Bonchev–Trinajstić information content (AvgIpc) is 3.14. The summed E-state index contributed by atoms with van der Waals surface area (Å²) in [6, 6.07) is 0. The number of nitrogens with zero attached hydrogens (tertiary/aromatic N) is 2. The van der Waals surface area contributed by atoms with Crippen molar-refractivity contribution >= 4 is 27.4 Å². The van der Waals surface area contributed by atoms with Crippen LogP contribution in [0.15, 0.2) is 6.33 Å². The molecule has 0 aromatic carbocycles. The summed E-state index contributed by atoms with van der Waals surface area (Å²) in [7, 11) is 0. The van der Waals surface area contributed by atoms with Crippen molar-refractivity contribution in [1.82, 2.24) is 9.97 Å². The largest absolute Gasteiger partial charge is 0.378 e. The number of thiophene rings is 1. The predicted molar refractivity (Wildman–Crippen MR) is 90.7 cm³/mol. The summed E-state index contributed by atoms with van der Waals surface area (Å²) in [6.45, 7) is 4.20. The summed E-state index contributed by atoms with van der Waals surface area (Å²) in [6.07, 6.45) is 9.25. The van der Waals surface area contributed by atoms with Gasteiger partial charge < -0.3 is 10.1 Å². The van der Waals surface area contributed by atoms with Crippen LogP contribution in [0, 0.1) is 5.92 Å². The number of hydrogen-bond acceptors (Lipinski definition) is 5. The molecule has 2 aromatic heterocycles. The number of aromatic nitrogens is 2. The maximum atomic E-state index is 5.70. The van der Waals surface area contributed by atoms with Crippen molar-refractivity contribution in [3.05, 3.63) is 16.8 Å². The fraction of sp³-hybridized carbons (Fsp3) is 0.647. The number of nitrogens with one attached hydrogen (secondary N) is 1.